The minimum atomic E-state index is -0.496. The fourth-order valence-electron chi connectivity index (χ4n) is 0.582. The van der Waals surface area contributed by atoms with Gasteiger partial charge in [0.2, 0.25) is 0 Å². The van der Waals surface area contributed by atoms with Gasteiger partial charge < -0.3 is 0 Å². The SMILES string of the molecule is CC(=O)CC(=O)[CH]([SnH])C(C)=O. The first kappa shape index (κ1) is 10.8. The third-order valence-corrected chi connectivity index (χ3v) is 3.61. The molecular formula is C7H10O3Sn. The number of carbonyl (C=O) groups excluding carboxylic acids is 3. The van der Waals surface area contributed by atoms with E-state index in [0.717, 1.165) is 0 Å². The van der Waals surface area contributed by atoms with E-state index in [0.29, 0.717) is 22.5 Å². The summed E-state index contributed by atoms with van der Waals surface area (Å²) in [5.41, 5.74) is 0. The van der Waals surface area contributed by atoms with Gasteiger partial charge in [0, 0.05) is 0 Å². The van der Waals surface area contributed by atoms with Gasteiger partial charge in [-0.2, -0.15) is 0 Å². The van der Waals surface area contributed by atoms with Gasteiger partial charge in [-0.25, -0.2) is 0 Å². The summed E-state index contributed by atoms with van der Waals surface area (Å²) in [6, 6.07) is 0. The van der Waals surface area contributed by atoms with Gasteiger partial charge >= 0.3 is 78.5 Å². The third-order valence-electron chi connectivity index (χ3n) is 1.21. The molecule has 0 aliphatic carbocycles. The molecule has 0 heterocycles. The Morgan fingerprint density at radius 1 is 1.27 bits per heavy atom. The van der Waals surface area contributed by atoms with E-state index >= 15 is 0 Å². The van der Waals surface area contributed by atoms with Crippen LogP contribution in [0.2, 0.25) is 3.93 Å². The van der Waals surface area contributed by atoms with Gasteiger partial charge in [-0.1, -0.05) is 0 Å². The topological polar surface area (TPSA) is 51.2 Å². The van der Waals surface area contributed by atoms with Gasteiger partial charge in [0.25, 0.3) is 0 Å². The Kier molecular flexibility index (Phi) is 4.56. The molecule has 0 spiro atoms. The van der Waals surface area contributed by atoms with Crippen LogP contribution in [-0.2, 0) is 14.4 Å². The molecule has 0 amide bonds. The second-order valence-corrected chi connectivity index (χ2v) is 4.34. The van der Waals surface area contributed by atoms with Crippen molar-refractivity contribution in [2.24, 2.45) is 0 Å². The van der Waals surface area contributed by atoms with Crippen LogP contribution >= 0.6 is 0 Å². The van der Waals surface area contributed by atoms with Gasteiger partial charge in [0.15, 0.2) is 0 Å². The Balaban J connectivity index is 4.04. The molecular weight excluding hydrogens is 251 g/mol. The van der Waals surface area contributed by atoms with Crippen LogP contribution in [-0.4, -0.2) is 39.9 Å². The van der Waals surface area contributed by atoms with Crippen molar-refractivity contribution in [2.45, 2.75) is 24.2 Å². The van der Waals surface area contributed by atoms with Crippen LogP contribution in [0.5, 0.6) is 0 Å². The molecule has 0 aliphatic rings. The predicted molar refractivity (Wildman–Crippen MR) is 41.9 cm³/mol. The Morgan fingerprint density at radius 3 is 2.00 bits per heavy atom. The van der Waals surface area contributed by atoms with Crippen LogP contribution in [0.15, 0.2) is 0 Å². The van der Waals surface area contributed by atoms with Crippen LogP contribution in [0.1, 0.15) is 20.3 Å². The summed E-state index contributed by atoms with van der Waals surface area (Å²) in [4.78, 5) is 32.1. The molecule has 11 heavy (non-hydrogen) atoms. The van der Waals surface area contributed by atoms with E-state index in [1.54, 1.807) is 0 Å². The maximum atomic E-state index is 11.0. The number of rotatable bonds is 4. The molecule has 0 bridgehead atoms. The van der Waals surface area contributed by atoms with Crippen molar-refractivity contribution in [2.75, 3.05) is 0 Å². The summed E-state index contributed by atoms with van der Waals surface area (Å²) in [5.74, 6) is -0.526. The monoisotopic (exact) mass is 262 g/mol. The Bertz CT molecular complexity index is 198. The quantitative estimate of drug-likeness (QED) is 0.520. The van der Waals surface area contributed by atoms with Gasteiger partial charge in [-0.3, -0.25) is 0 Å². The van der Waals surface area contributed by atoms with E-state index in [4.69, 9.17) is 0 Å². The number of ketones is 3. The Labute approximate surface area is 78.6 Å². The third kappa shape index (κ3) is 4.29. The molecule has 0 aromatic carbocycles. The van der Waals surface area contributed by atoms with E-state index in [1.165, 1.54) is 13.8 Å². The first-order chi connectivity index (χ1) is 4.95. The first-order valence-electron chi connectivity index (χ1n) is 3.23. The van der Waals surface area contributed by atoms with Crippen LogP contribution in [0.3, 0.4) is 0 Å². The molecule has 4 heteroatoms. The Morgan fingerprint density at radius 2 is 1.73 bits per heavy atom. The predicted octanol–water partition coefficient (Wildman–Crippen LogP) is -0.187. The van der Waals surface area contributed by atoms with Crippen molar-refractivity contribution in [1.29, 1.82) is 0 Å². The summed E-state index contributed by atoms with van der Waals surface area (Å²) in [5, 5.41) is 0. The second kappa shape index (κ2) is 4.64. The molecule has 0 rings (SSSR count). The summed E-state index contributed by atoms with van der Waals surface area (Å²) >= 11 is 0.576. The van der Waals surface area contributed by atoms with Crippen molar-refractivity contribution < 1.29 is 14.4 Å². The molecule has 0 saturated carbocycles. The van der Waals surface area contributed by atoms with E-state index in [-0.39, 0.29) is 23.8 Å². The normalized spacial score (nSPS) is 12.3. The van der Waals surface area contributed by atoms with E-state index in [9.17, 15) is 14.4 Å². The standard InChI is InChI=1S/C7H9O3.Sn.H/c1-5(8)3-7(10)4-6(2)9;;/h3H,4H2,1-2H3;;. The van der Waals surface area contributed by atoms with Crippen molar-refractivity contribution in [3.05, 3.63) is 0 Å². The fourth-order valence-corrected chi connectivity index (χ4v) is 0.918. The summed E-state index contributed by atoms with van der Waals surface area (Å²) < 4.78 is -0.496. The van der Waals surface area contributed by atoms with E-state index < -0.39 is 3.93 Å². The van der Waals surface area contributed by atoms with Crippen LogP contribution in [0, 0.1) is 0 Å². The molecule has 0 aromatic rings. The average molecular weight is 261 g/mol. The van der Waals surface area contributed by atoms with E-state index in [1.807, 2.05) is 0 Å². The number of carbonyl (C=O) groups is 3. The average Bonchev–Trinajstić information content (AvgIpc) is 1.84. The second-order valence-electron chi connectivity index (χ2n) is 2.43. The molecule has 0 aliphatic heterocycles. The van der Waals surface area contributed by atoms with Crippen molar-refractivity contribution >= 4 is 39.9 Å². The van der Waals surface area contributed by atoms with Crippen LogP contribution in [0.4, 0.5) is 0 Å². The van der Waals surface area contributed by atoms with Crippen molar-refractivity contribution in [3.8, 4) is 0 Å². The summed E-state index contributed by atoms with van der Waals surface area (Å²) in [6.45, 7) is 2.73. The molecule has 0 saturated heterocycles. The molecule has 1 unspecified atom stereocenters. The van der Waals surface area contributed by atoms with E-state index in [2.05, 4.69) is 0 Å². The molecule has 0 fully saturated rings. The molecule has 2 radical (unpaired) electrons. The summed E-state index contributed by atoms with van der Waals surface area (Å²) in [7, 11) is 0. The molecule has 60 valence electrons. The zero-order chi connectivity index (χ0) is 9.02. The summed E-state index contributed by atoms with van der Waals surface area (Å²) in [6.07, 6.45) is -0.0918. The number of hydrogen-bond acceptors (Lipinski definition) is 3. The molecule has 3 nitrogen and oxygen atoms in total. The number of hydrogen-bond donors (Lipinski definition) is 0. The van der Waals surface area contributed by atoms with Crippen molar-refractivity contribution in [1.82, 2.24) is 0 Å². The van der Waals surface area contributed by atoms with Gasteiger partial charge in [-0.05, 0) is 0 Å². The van der Waals surface area contributed by atoms with Crippen molar-refractivity contribution in [3.63, 3.8) is 0 Å². The van der Waals surface area contributed by atoms with Gasteiger partial charge in [0.05, 0.1) is 0 Å². The zero-order valence-corrected chi connectivity index (χ0v) is 9.88. The minimum absolute atomic E-state index is 0.0918. The van der Waals surface area contributed by atoms with Gasteiger partial charge in [-0.15, -0.1) is 0 Å². The number of Topliss-reactive ketones (excluding diaryl/α,β-unsaturated/α-hetero) is 3. The fraction of sp³-hybridized carbons (Fsp3) is 0.571. The molecule has 0 N–H and O–H groups in total. The maximum absolute atomic E-state index is 11.0. The van der Waals surface area contributed by atoms with Gasteiger partial charge in [0.1, 0.15) is 0 Å². The van der Waals surface area contributed by atoms with Crippen LogP contribution in [0.25, 0.3) is 0 Å². The van der Waals surface area contributed by atoms with Crippen LogP contribution < -0.4 is 0 Å². The zero-order valence-electron chi connectivity index (χ0n) is 6.59. The molecule has 1 atom stereocenters. The first-order valence-corrected chi connectivity index (χ1v) is 5.13. The molecule has 0 aromatic heterocycles. The Hall–Kier alpha value is -0.191.